The normalized spacial score (nSPS) is 16.0. The molecule has 0 bridgehead atoms. The number of likely N-dealkylation sites (tertiary alicyclic amines) is 1. The summed E-state index contributed by atoms with van der Waals surface area (Å²) in [7, 11) is 0. The zero-order valence-corrected chi connectivity index (χ0v) is 15.9. The van der Waals surface area contributed by atoms with Gasteiger partial charge in [0, 0.05) is 11.5 Å². The molecule has 0 saturated carbocycles. The van der Waals surface area contributed by atoms with E-state index in [1.165, 1.54) is 52.2 Å². The molecule has 2 aromatic rings. The van der Waals surface area contributed by atoms with Crippen molar-refractivity contribution >= 4 is 16.8 Å². The highest BCUT2D eigenvalue weighted by molar-refractivity contribution is 5.96. The van der Waals surface area contributed by atoms with Gasteiger partial charge in [-0.3, -0.25) is 4.79 Å². The average molecular weight is 372 g/mol. The Hall–Kier alpha value is -2.34. The number of rotatable bonds is 8. The van der Waals surface area contributed by atoms with E-state index in [2.05, 4.69) is 10.1 Å². The quantitative estimate of drug-likeness (QED) is 0.328. The molecule has 6 nitrogen and oxygen atoms in total. The summed E-state index contributed by atoms with van der Waals surface area (Å²) >= 11 is 0. The SMILES string of the molecule is CC(=O)c1cc2ccc(OCCCCCN3CCCCC3)cc2oc1=NO. The molecule has 6 heteroatoms. The fourth-order valence-electron chi connectivity index (χ4n) is 3.50. The van der Waals surface area contributed by atoms with Gasteiger partial charge in [0.2, 0.25) is 0 Å². The molecule has 1 aromatic heterocycles. The molecule has 0 radical (unpaired) electrons. The average Bonchev–Trinajstić information content (AvgIpc) is 2.70. The summed E-state index contributed by atoms with van der Waals surface area (Å²) in [6.45, 7) is 5.78. The molecular weight excluding hydrogens is 344 g/mol. The monoisotopic (exact) mass is 372 g/mol. The second-order valence-corrected chi connectivity index (χ2v) is 7.13. The number of Topliss-reactive ketones (excluding diaryl/α,β-unsaturated/α-hetero) is 1. The third-order valence-electron chi connectivity index (χ3n) is 5.03. The van der Waals surface area contributed by atoms with Crippen LogP contribution in [0, 0.1) is 0 Å². The number of carbonyl (C=O) groups excluding carboxylic acids is 1. The number of ether oxygens (including phenoxy) is 1. The fraction of sp³-hybridized carbons (Fsp3) is 0.524. The van der Waals surface area contributed by atoms with Crippen LogP contribution in [-0.2, 0) is 0 Å². The molecular formula is C21H28N2O4. The third-order valence-corrected chi connectivity index (χ3v) is 5.03. The van der Waals surface area contributed by atoms with Crippen molar-refractivity contribution in [3.05, 3.63) is 35.4 Å². The van der Waals surface area contributed by atoms with Gasteiger partial charge in [0.25, 0.3) is 5.55 Å². The van der Waals surface area contributed by atoms with E-state index in [-0.39, 0.29) is 16.9 Å². The third kappa shape index (κ3) is 5.32. The molecule has 1 saturated heterocycles. The second kappa shape index (κ2) is 9.55. The van der Waals surface area contributed by atoms with Crippen LogP contribution in [0.5, 0.6) is 5.75 Å². The van der Waals surface area contributed by atoms with Gasteiger partial charge >= 0.3 is 0 Å². The van der Waals surface area contributed by atoms with Crippen molar-refractivity contribution < 1.29 is 19.2 Å². The lowest BCUT2D eigenvalue weighted by atomic mass is 10.1. The van der Waals surface area contributed by atoms with Crippen LogP contribution < -0.4 is 10.3 Å². The van der Waals surface area contributed by atoms with Crippen molar-refractivity contribution in [3.63, 3.8) is 0 Å². The van der Waals surface area contributed by atoms with Gasteiger partial charge in [0.15, 0.2) is 5.78 Å². The summed E-state index contributed by atoms with van der Waals surface area (Å²) in [4.78, 5) is 14.2. The van der Waals surface area contributed by atoms with Crippen LogP contribution >= 0.6 is 0 Å². The van der Waals surface area contributed by atoms with Gasteiger partial charge in [-0.15, -0.1) is 0 Å². The summed E-state index contributed by atoms with van der Waals surface area (Å²) in [6.07, 6.45) is 7.45. The molecule has 1 N–H and O–H groups in total. The van der Waals surface area contributed by atoms with Crippen molar-refractivity contribution in [2.75, 3.05) is 26.2 Å². The molecule has 0 atom stereocenters. The summed E-state index contributed by atoms with van der Waals surface area (Å²) < 4.78 is 11.4. The van der Waals surface area contributed by atoms with Crippen LogP contribution in [0.25, 0.3) is 11.0 Å². The summed E-state index contributed by atoms with van der Waals surface area (Å²) in [6, 6.07) is 7.14. The van der Waals surface area contributed by atoms with Gasteiger partial charge in [-0.05, 0) is 82.0 Å². The maximum Gasteiger partial charge on any atom is 0.266 e. The van der Waals surface area contributed by atoms with Crippen LogP contribution in [0.15, 0.2) is 33.8 Å². The predicted molar refractivity (Wildman–Crippen MR) is 103 cm³/mol. The molecule has 0 unspecified atom stereocenters. The van der Waals surface area contributed by atoms with E-state index in [1.807, 2.05) is 12.1 Å². The molecule has 146 valence electrons. The number of nitrogens with zero attached hydrogens (tertiary/aromatic N) is 2. The van der Waals surface area contributed by atoms with E-state index in [4.69, 9.17) is 14.4 Å². The Kier molecular flexibility index (Phi) is 6.87. The molecule has 1 aliphatic rings. The summed E-state index contributed by atoms with van der Waals surface area (Å²) in [5, 5.41) is 12.9. The first-order valence-electron chi connectivity index (χ1n) is 9.79. The first kappa shape index (κ1) is 19.4. The van der Waals surface area contributed by atoms with E-state index >= 15 is 0 Å². The maximum atomic E-state index is 11.6. The molecule has 3 rings (SSSR count). The van der Waals surface area contributed by atoms with E-state index < -0.39 is 0 Å². The van der Waals surface area contributed by atoms with Gasteiger partial charge in [-0.2, -0.15) is 0 Å². The van der Waals surface area contributed by atoms with E-state index in [0.29, 0.717) is 17.9 Å². The first-order valence-corrected chi connectivity index (χ1v) is 9.79. The highest BCUT2D eigenvalue weighted by Crippen LogP contribution is 2.21. The molecule has 27 heavy (non-hydrogen) atoms. The molecule has 1 fully saturated rings. The molecule has 1 aliphatic heterocycles. The standard InChI is InChI=1S/C21H28N2O4/c1-16(24)19-14-17-8-9-18(15-20(17)27-21(19)22-25)26-13-7-3-6-12-23-10-4-2-5-11-23/h8-9,14-15,25H,2-7,10-13H2,1H3. The van der Waals surface area contributed by atoms with Crippen LogP contribution in [0.1, 0.15) is 55.8 Å². The maximum absolute atomic E-state index is 11.6. The highest BCUT2D eigenvalue weighted by atomic mass is 16.5. The van der Waals surface area contributed by atoms with Gasteiger partial charge in [-0.1, -0.05) is 6.42 Å². The zero-order valence-electron chi connectivity index (χ0n) is 15.9. The molecule has 2 heterocycles. The number of hydrogen-bond donors (Lipinski definition) is 1. The van der Waals surface area contributed by atoms with Crippen LogP contribution in [-0.4, -0.2) is 42.1 Å². The highest BCUT2D eigenvalue weighted by Gasteiger charge is 2.10. The van der Waals surface area contributed by atoms with Crippen molar-refractivity contribution in [2.45, 2.75) is 45.4 Å². The number of benzene rings is 1. The Morgan fingerprint density at radius 1 is 1.19 bits per heavy atom. The van der Waals surface area contributed by atoms with Crippen LogP contribution in [0.3, 0.4) is 0 Å². The van der Waals surface area contributed by atoms with Gasteiger partial charge < -0.3 is 19.3 Å². The Morgan fingerprint density at radius 2 is 2.00 bits per heavy atom. The summed E-state index contributed by atoms with van der Waals surface area (Å²) in [5.41, 5.74) is 0.702. The lowest BCUT2D eigenvalue weighted by Crippen LogP contribution is -2.30. The number of ketones is 1. The Labute approximate surface area is 159 Å². The summed E-state index contributed by atoms with van der Waals surface area (Å²) in [5.74, 6) is 0.500. The Bertz CT molecular complexity index is 838. The molecule has 0 aliphatic carbocycles. The molecule has 0 amide bonds. The Balaban J connectivity index is 1.50. The van der Waals surface area contributed by atoms with Gasteiger partial charge in [-0.25, -0.2) is 0 Å². The van der Waals surface area contributed by atoms with E-state index in [9.17, 15) is 4.79 Å². The topological polar surface area (TPSA) is 75.3 Å². The number of hydrogen-bond acceptors (Lipinski definition) is 6. The first-order chi connectivity index (χ1) is 13.2. The van der Waals surface area contributed by atoms with Crippen molar-refractivity contribution in [1.29, 1.82) is 0 Å². The minimum atomic E-state index is -0.210. The number of carbonyl (C=O) groups is 1. The molecule has 1 aromatic carbocycles. The minimum absolute atomic E-state index is 0.0788. The smallest absolute Gasteiger partial charge is 0.266 e. The number of fused-ring (bicyclic) bond motifs is 1. The minimum Gasteiger partial charge on any atom is -0.493 e. The Morgan fingerprint density at radius 3 is 2.74 bits per heavy atom. The lowest BCUT2D eigenvalue weighted by Gasteiger charge is -2.26. The number of piperidine rings is 1. The zero-order chi connectivity index (χ0) is 19.1. The van der Waals surface area contributed by atoms with Gasteiger partial charge in [0.1, 0.15) is 11.3 Å². The predicted octanol–water partition coefficient (Wildman–Crippen LogP) is 3.96. The fourth-order valence-corrected chi connectivity index (χ4v) is 3.50. The van der Waals surface area contributed by atoms with Gasteiger partial charge in [0.05, 0.1) is 12.2 Å². The van der Waals surface area contributed by atoms with Crippen LogP contribution in [0.4, 0.5) is 0 Å². The van der Waals surface area contributed by atoms with Crippen molar-refractivity contribution in [1.82, 2.24) is 4.90 Å². The van der Waals surface area contributed by atoms with Crippen LogP contribution in [0.2, 0.25) is 0 Å². The molecule has 0 spiro atoms. The largest absolute Gasteiger partial charge is 0.493 e. The van der Waals surface area contributed by atoms with Crippen molar-refractivity contribution in [2.24, 2.45) is 5.16 Å². The van der Waals surface area contributed by atoms with Crippen molar-refractivity contribution in [3.8, 4) is 5.75 Å². The lowest BCUT2D eigenvalue weighted by molar-refractivity contribution is 0.101. The number of unbranched alkanes of at least 4 members (excludes halogenated alkanes) is 2. The van der Waals surface area contributed by atoms with E-state index in [1.54, 1.807) is 12.1 Å². The second-order valence-electron chi connectivity index (χ2n) is 7.13. The van der Waals surface area contributed by atoms with E-state index in [0.717, 1.165) is 18.2 Å².